The molecular formula is C15H22O2. The molecule has 0 bridgehead atoms. The number of rotatable bonds is 2. The lowest BCUT2D eigenvalue weighted by Gasteiger charge is -2.32. The summed E-state index contributed by atoms with van der Waals surface area (Å²) >= 11 is 0. The first kappa shape index (κ1) is 13.8. The van der Waals surface area contributed by atoms with Crippen LogP contribution in [0.1, 0.15) is 47.5 Å². The molecule has 0 unspecified atom stereocenters. The van der Waals surface area contributed by atoms with E-state index in [4.69, 9.17) is 4.74 Å². The normalized spacial score (nSPS) is 22.3. The summed E-state index contributed by atoms with van der Waals surface area (Å²) < 4.78 is 5.00. The fourth-order valence-corrected chi connectivity index (χ4v) is 2.25. The average Bonchev–Trinajstić information content (AvgIpc) is 2.14. The standard InChI is InChI=1S/C15H22O2/c1-11-7-6-10-15(4,5)14(11)9-8-12(2)17-13(3)16/h7-9H,6,10H2,1-5H3/b12-8-,14-9-. The van der Waals surface area contributed by atoms with E-state index >= 15 is 0 Å². The van der Waals surface area contributed by atoms with Crippen LogP contribution in [0.2, 0.25) is 0 Å². The minimum Gasteiger partial charge on any atom is -0.432 e. The lowest BCUT2D eigenvalue weighted by Crippen LogP contribution is -2.18. The molecule has 0 radical (unpaired) electrons. The third-order valence-electron chi connectivity index (χ3n) is 3.16. The first-order chi connectivity index (χ1) is 7.83. The lowest BCUT2D eigenvalue weighted by molar-refractivity contribution is -0.136. The Bertz CT molecular complexity index is 395. The van der Waals surface area contributed by atoms with Crippen molar-refractivity contribution in [2.75, 3.05) is 0 Å². The van der Waals surface area contributed by atoms with Crippen molar-refractivity contribution >= 4 is 5.97 Å². The zero-order chi connectivity index (χ0) is 13.1. The number of hydrogen-bond donors (Lipinski definition) is 0. The van der Waals surface area contributed by atoms with Crippen LogP contribution in [-0.4, -0.2) is 5.97 Å². The first-order valence-corrected chi connectivity index (χ1v) is 6.07. The molecule has 1 aliphatic carbocycles. The largest absolute Gasteiger partial charge is 0.432 e. The van der Waals surface area contributed by atoms with Gasteiger partial charge in [0.15, 0.2) is 0 Å². The van der Waals surface area contributed by atoms with Crippen molar-refractivity contribution < 1.29 is 9.53 Å². The highest BCUT2D eigenvalue weighted by molar-refractivity contribution is 5.67. The van der Waals surface area contributed by atoms with Gasteiger partial charge in [-0.25, -0.2) is 0 Å². The second kappa shape index (κ2) is 5.35. The van der Waals surface area contributed by atoms with Crippen molar-refractivity contribution in [3.63, 3.8) is 0 Å². The number of hydrogen-bond acceptors (Lipinski definition) is 2. The van der Waals surface area contributed by atoms with E-state index in [1.807, 2.05) is 6.08 Å². The minimum atomic E-state index is -0.271. The Hall–Kier alpha value is -1.31. The van der Waals surface area contributed by atoms with Crippen LogP contribution in [0, 0.1) is 5.41 Å². The Morgan fingerprint density at radius 1 is 1.41 bits per heavy atom. The van der Waals surface area contributed by atoms with Gasteiger partial charge >= 0.3 is 5.97 Å². The Morgan fingerprint density at radius 3 is 2.59 bits per heavy atom. The van der Waals surface area contributed by atoms with Crippen LogP contribution < -0.4 is 0 Å². The predicted molar refractivity (Wildman–Crippen MR) is 70.4 cm³/mol. The fourth-order valence-electron chi connectivity index (χ4n) is 2.25. The predicted octanol–water partition coefficient (Wildman–Crippen LogP) is 4.15. The zero-order valence-electron chi connectivity index (χ0n) is 11.5. The summed E-state index contributed by atoms with van der Waals surface area (Å²) in [5.41, 5.74) is 2.86. The van der Waals surface area contributed by atoms with E-state index in [-0.39, 0.29) is 11.4 Å². The van der Waals surface area contributed by atoms with Gasteiger partial charge in [-0.15, -0.1) is 0 Å². The van der Waals surface area contributed by atoms with E-state index in [9.17, 15) is 4.79 Å². The highest BCUT2D eigenvalue weighted by atomic mass is 16.5. The molecule has 1 rings (SSSR count). The maximum atomic E-state index is 10.8. The van der Waals surface area contributed by atoms with Crippen molar-refractivity contribution in [1.29, 1.82) is 0 Å². The summed E-state index contributed by atoms with van der Waals surface area (Å²) in [7, 11) is 0. The van der Waals surface area contributed by atoms with Gasteiger partial charge in [-0.3, -0.25) is 4.79 Å². The van der Waals surface area contributed by atoms with Gasteiger partial charge in [0.1, 0.15) is 5.76 Å². The number of carbonyl (C=O) groups excluding carboxylic acids is 1. The molecule has 17 heavy (non-hydrogen) atoms. The van der Waals surface area contributed by atoms with Crippen LogP contribution in [0.4, 0.5) is 0 Å². The molecule has 0 aromatic heterocycles. The summed E-state index contributed by atoms with van der Waals surface area (Å²) in [6.45, 7) is 9.87. The van der Waals surface area contributed by atoms with Crippen LogP contribution in [0.3, 0.4) is 0 Å². The number of ether oxygens (including phenoxy) is 1. The van der Waals surface area contributed by atoms with Gasteiger partial charge in [0.25, 0.3) is 0 Å². The number of esters is 1. The monoisotopic (exact) mass is 234 g/mol. The van der Waals surface area contributed by atoms with E-state index in [1.165, 1.54) is 18.1 Å². The molecule has 0 aromatic rings. The number of allylic oxidation sites excluding steroid dienone is 6. The Kier molecular flexibility index (Phi) is 4.33. The van der Waals surface area contributed by atoms with Gasteiger partial charge in [0.05, 0.1) is 0 Å². The molecule has 0 amide bonds. The molecule has 0 fully saturated rings. The van der Waals surface area contributed by atoms with E-state index in [1.54, 1.807) is 6.92 Å². The highest BCUT2D eigenvalue weighted by Gasteiger charge is 2.26. The van der Waals surface area contributed by atoms with Gasteiger partial charge in [-0.1, -0.05) is 31.6 Å². The quantitative estimate of drug-likeness (QED) is 0.530. The third-order valence-corrected chi connectivity index (χ3v) is 3.16. The van der Waals surface area contributed by atoms with Crippen molar-refractivity contribution in [3.05, 3.63) is 35.1 Å². The molecule has 0 aromatic carbocycles. The Labute approximate surface area is 104 Å². The maximum Gasteiger partial charge on any atom is 0.307 e. The molecule has 2 nitrogen and oxygen atoms in total. The van der Waals surface area contributed by atoms with Crippen molar-refractivity contribution in [1.82, 2.24) is 0 Å². The van der Waals surface area contributed by atoms with E-state index in [0.29, 0.717) is 5.76 Å². The van der Waals surface area contributed by atoms with Gasteiger partial charge in [0, 0.05) is 6.92 Å². The molecule has 0 saturated heterocycles. The van der Waals surface area contributed by atoms with Gasteiger partial charge in [0.2, 0.25) is 0 Å². The maximum absolute atomic E-state index is 10.8. The molecule has 0 spiro atoms. The second-order valence-electron chi connectivity index (χ2n) is 5.26. The van der Waals surface area contributed by atoms with Crippen molar-refractivity contribution in [2.45, 2.75) is 47.5 Å². The van der Waals surface area contributed by atoms with E-state index in [2.05, 4.69) is 32.9 Å². The van der Waals surface area contributed by atoms with Crippen LogP contribution >= 0.6 is 0 Å². The molecule has 1 aliphatic rings. The average molecular weight is 234 g/mol. The fraction of sp³-hybridized carbons (Fsp3) is 0.533. The summed E-state index contributed by atoms with van der Waals surface area (Å²) in [4.78, 5) is 10.8. The smallest absolute Gasteiger partial charge is 0.307 e. The van der Waals surface area contributed by atoms with Gasteiger partial charge in [-0.2, -0.15) is 0 Å². The lowest BCUT2D eigenvalue weighted by atomic mass is 9.73. The van der Waals surface area contributed by atoms with E-state index < -0.39 is 0 Å². The molecule has 2 heteroatoms. The number of carbonyl (C=O) groups is 1. The Morgan fingerprint density at radius 2 is 2.06 bits per heavy atom. The topological polar surface area (TPSA) is 26.3 Å². The molecular weight excluding hydrogens is 212 g/mol. The van der Waals surface area contributed by atoms with Crippen LogP contribution in [0.5, 0.6) is 0 Å². The molecule has 0 N–H and O–H groups in total. The third kappa shape index (κ3) is 3.88. The van der Waals surface area contributed by atoms with E-state index in [0.717, 1.165) is 12.8 Å². The molecule has 0 atom stereocenters. The van der Waals surface area contributed by atoms with Crippen LogP contribution in [0.25, 0.3) is 0 Å². The summed E-state index contributed by atoms with van der Waals surface area (Å²) in [6.07, 6.45) is 8.52. The first-order valence-electron chi connectivity index (χ1n) is 6.07. The summed E-state index contributed by atoms with van der Waals surface area (Å²) in [6, 6.07) is 0. The van der Waals surface area contributed by atoms with Crippen LogP contribution in [0.15, 0.2) is 35.1 Å². The van der Waals surface area contributed by atoms with Crippen molar-refractivity contribution in [2.24, 2.45) is 5.41 Å². The van der Waals surface area contributed by atoms with Crippen molar-refractivity contribution in [3.8, 4) is 0 Å². The minimum absolute atomic E-state index is 0.200. The molecule has 94 valence electrons. The van der Waals surface area contributed by atoms with Gasteiger partial charge < -0.3 is 4.74 Å². The molecule has 0 saturated carbocycles. The SMILES string of the molecule is CC(=O)O/C(C)=C\C=C1\C(C)=CCCC1(C)C. The summed E-state index contributed by atoms with van der Waals surface area (Å²) in [5.74, 6) is 0.367. The van der Waals surface area contributed by atoms with Crippen LogP contribution in [-0.2, 0) is 9.53 Å². The Balaban J connectivity index is 2.93. The van der Waals surface area contributed by atoms with Gasteiger partial charge in [-0.05, 0) is 43.8 Å². The second-order valence-corrected chi connectivity index (χ2v) is 5.26. The molecule has 0 aliphatic heterocycles. The summed E-state index contributed by atoms with van der Waals surface area (Å²) in [5, 5.41) is 0. The molecule has 0 heterocycles. The zero-order valence-corrected chi connectivity index (χ0v) is 11.5. The highest BCUT2D eigenvalue weighted by Crippen LogP contribution is 2.40.